The summed E-state index contributed by atoms with van der Waals surface area (Å²) in [7, 11) is 0. The van der Waals surface area contributed by atoms with Crippen molar-refractivity contribution in [2.75, 3.05) is 9.80 Å². The van der Waals surface area contributed by atoms with Gasteiger partial charge in [0.15, 0.2) is 0 Å². The topological polar surface area (TPSA) is 57.7 Å². The van der Waals surface area contributed by atoms with Crippen molar-refractivity contribution in [3.8, 4) is 0 Å². The number of benzene rings is 2. The van der Waals surface area contributed by atoms with E-state index in [0.717, 1.165) is 0 Å². The molecular weight excluding hydrogens is 348 g/mol. The molecule has 3 amide bonds. The first-order chi connectivity index (χ1) is 12.5. The van der Waals surface area contributed by atoms with Crippen LogP contribution in [0.5, 0.6) is 0 Å². The molecule has 2 heterocycles. The first-order valence-electron chi connectivity index (χ1n) is 8.56. The van der Waals surface area contributed by atoms with Crippen molar-refractivity contribution in [2.24, 2.45) is 0 Å². The summed E-state index contributed by atoms with van der Waals surface area (Å²) in [6.07, 6.45) is 0.218. The van der Waals surface area contributed by atoms with E-state index in [4.69, 9.17) is 0 Å². The molecule has 0 radical (unpaired) electrons. The van der Waals surface area contributed by atoms with Crippen molar-refractivity contribution in [3.63, 3.8) is 0 Å². The Morgan fingerprint density at radius 1 is 1.08 bits per heavy atom. The molecule has 0 aliphatic carbocycles. The van der Waals surface area contributed by atoms with Gasteiger partial charge in [0.1, 0.15) is 0 Å². The van der Waals surface area contributed by atoms with Crippen LogP contribution in [0, 0.1) is 0 Å². The Kier molecular flexibility index (Phi) is 3.88. The minimum Gasteiger partial charge on any atom is -0.283 e. The number of carbonyl (C=O) groups is 3. The van der Waals surface area contributed by atoms with Gasteiger partial charge in [-0.05, 0) is 25.1 Å². The summed E-state index contributed by atoms with van der Waals surface area (Å²) in [6.45, 7) is 3.53. The fraction of sp³-hybridized carbons (Fsp3) is 0.250. The highest BCUT2D eigenvalue weighted by Gasteiger charge is 2.63. The van der Waals surface area contributed by atoms with Crippen LogP contribution in [-0.4, -0.2) is 23.0 Å². The SMILES string of the molecule is CCC(=O)N1C(=O)[C@@]2(S[C@@H](C)C(=O)N2c2ccccc2)c2ccccc21. The third kappa shape index (κ3) is 2.08. The van der Waals surface area contributed by atoms with Crippen LogP contribution >= 0.6 is 11.8 Å². The maximum atomic E-state index is 13.6. The van der Waals surface area contributed by atoms with Gasteiger partial charge >= 0.3 is 0 Å². The van der Waals surface area contributed by atoms with Crippen LogP contribution in [0.4, 0.5) is 11.4 Å². The Morgan fingerprint density at radius 3 is 2.42 bits per heavy atom. The van der Waals surface area contributed by atoms with Gasteiger partial charge in [-0.3, -0.25) is 19.3 Å². The molecule has 2 aliphatic rings. The molecule has 2 aromatic rings. The van der Waals surface area contributed by atoms with E-state index in [1.54, 1.807) is 30.9 Å². The molecule has 0 unspecified atom stereocenters. The standard InChI is InChI=1S/C20H18N2O3S/c1-3-17(23)21-16-12-8-7-11-15(16)20(19(21)25)22(18(24)13(2)26-20)14-9-5-4-6-10-14/h4-13H,3H2,1-2H3/t13-,20-/m0/s1. The number of thioether (sulfide) groups is 1. The molecule has 0 aromatic heterocycles. The number of nitrogens with zero attached hydrogens (tertiary/aromatic N) is 2. The number of hydrogen-bond donors (Lipinski definition) is 0. The van der Waals surface area contributed by atoms with Crippen molar-refractivity contribution in [3.05, 3.63) is 60.2 Å². The molecule has 0 bridgehead atoms. The summed E-state index contributed by atoms with van der Waals surface area (Å²) in [4.78, 5) is 40.7. The van der Waals surface area contributed by atoms with Gasteiger partial charge in [-0.1, -0.05) is 43.3 Å². The third-order valence-electron chi connectivity index (χ3n) is 4.80. The Hall–Kier alpha value is -2.60. The fourth-order valence-electron chi connectivity index (χ4n) is 3.65. The molecule has 2 aromatic carbocycles. The maximum Gasteiger partial charge on any atom is 0.275 e. The number of imide groups is 1. The molecule has 2 aliphatic heterocycles. The molecule has 5 nitrogen and oxygen atoms in total. The van der Waals surface area contributed by atoms with Crippen molar-refractivity contribution in [1.82, 2.24) is 0 Å². The van der Waals surface area contributed by atoms with E-state index < -0.39 is 4.87 Å². The molecular formula is C20H18N2O3S. The molecule has 26 heavy (non-hydrogen) atoms. The largest absolute Gasteiger partial charge is 0.283 e. The fourth-order valence-corrected chi connectivity index (χ4v) is 5.16. The highest BCUT2D eigenvalue weighted by atomic mass is 32.2. The van der Waals surface area contributed by atoms with E-state index >= 15 is 0 Å². The van der Waals surface area contributed by atoms with Gasteiger partial charge in [-0.15, -0.1) is 11.8 Å². The zero-order valence-electron chi connectivity index (χ0n) is 14.5. The molecule has 0 saturated carbocycles. The second kappa shape index (κ2) is 5.99. The van der Waals surface area contributed by atoms with Crippen molar-refractivity contribution in [1.29, 1.82) is 0 Å². The number of rotatable bonds is 2. The second-order valence-electron chi connectivity index (χ2n) is 6.32. The van der Waals surface area contributed by atoms with Crippen molar-refractivity contribution >= 4 is 40.9 Å². The number of amides is 3. The van der Waals surface area contributed by atoms with Gasteiger partial charge in [0.05, 0.1) is 10.9 Å². The van der Waals surface area contributed by atoms with Crippen LogP contribution in [0.15, 0.2) is 54.6 Å². The quantitative estimate of drug-likeness (QED) is 0.818. The molecule has 6 heteroatoms. The summed E-state index contributed by atoms with van der Waals surface area (Å²) in [5.74, 6) is -0.757. The number of para-hydroxylation sites is 2. The van der Waals surface area contributed by atoms with Gasteiger partial charge in [0.25, 0.3) is 5.91 Å². The smallest absolute Gasteiger partial charge is 0.275 e. The van der Waals surface area contributed by atoms with E-state index in [-0.39, 0.29) is 29.4 Å². The first-order valence-corrected chi connectivity index (χ1v) is 9.44. The Balaban J connectivity index is 1.98. The Morgan fingerprint density at radius 2 is 1.73 bits per heavy atom. The van der Waals surface area contributed by atoms with Gasteiger partial charge in [-0.25, -0.2) is 4.90 Å². The monoisotopic (exact) mass is 366 g/mol. The number of carbonyl (C=O) groups excluding carboxylic acids is 3. The average molecular weight is 366 g/mol. The van der Waals surface area contributed by atoms with E-state index in [1.165, 1.54) is 16.7 Å². The molecule has 2 atom stereocenters. The Bertz CT molecular complexity index is 914. The van der Waals surface area contributed by atoms with Crippen LogP contribution in [0.2, 0.25) is 0 Å². The predicted molar refractivity (Wildman–Crippen MR) is 102 cm³/mol. The van der Waals surface area contributed by atoms with E-state index in [1.807, 2.05) is 42.5 Å². The minimum absolute atomic E-state index is 0.129. The number of anilines is 2. The van der Waals surface area contributed by atoms with Crippen LogP contribution in [0.3, 0.4) is 0 Å². The van der Waals surface area contributed by atoms with Gasteiger partial charge in [-0.2, -0.15) is 0 Å². The predicted octanol–water partition coefficient (Wildman–Crippen LogP) is 3.29. The zero-order valence-corrected chi connectivity index (χ0v) is 15.3. The first kappa shape index (κ1) is 16.8. The molecule has 1 fully saturated rings. The summed E-state index contributed by atoms with van der Waals surface area (Å²) in [5.41, 5.74) is 1.92. The third-order valence-corrected chi connectivity index (χ3v) is 6.27. The maximum absolute atomic E-state index is 13.6. The molecule has 1 spiro atoms. The second-order valence-corrected chi connectivity index (χ2v) is 7.85. The van der Waals surface area contributed by atoms with Gasteiger partial charge in [0, 0.05) is 17.7 Å². The Labute approximate surface area is 156 Å². The van der Waals surface area contributed by atoms with E-state index in [9.17, 15) is 14.4 Å². The molecule has 4 rings (SSSR count). The number of hydrogen-bond acceptors (Lipinski definition) is 4. The molecule has 0 N–H and O–H groups in total. The zero-order chi connectivity index (χ0) is 18.5. The lowest BCUT2D eigenvalue weighted by atomic mass is 10.0. The normalized spacial score (nSPS) is 24.5. The van der Waals surface area contributed by atoms with Crippen LogP contribution in [-0.2, 0) is 19.3 Å². The van der Waals surface area contributed by atoms with Crippen LogP contribution < -0.4 is 9.80 Å². The van der Waals surface area contributed by atoms with Crippen molar-refractivity contribution in [2.45, 2.75) is 30.4 Å². The summed E-state index contributed by atoms with van der Waals surface area (Å²) >= 11 is 1.30. The summed E-state index contributed by atoms with van der Waals surface area (Å²) < 4.78 is 0. The lowest BCUT2D eigenvalue weighted by Crippen LogP contribution is -2.51. The highest BCUT2D eigenvalue weighted by molar-refractivity contribution is 8.03. The summed E-state index contributed by atoms with van der Waals surface area (Å²) in [6, 6.07) is 16.4. The summed E-state index contributed by atoms with van der Waals surface area (Å²) in [5, 5.41) is -0.385. The molecule has 132 valence electrons. The minimum atomic E-state index is -1.24. The molecule has 1 saturated heterocycles. The highest BCUT2D eigenvalue weighted by Crippen LogP contribution is 2.57. The van der Waals surface area contributed by atoms with Gasteiger partial charge in [0.2, 0.25) is 16.7 Å². The van der Waals surface area contributed by atoms with E-state index in [2.05, 4.69) is 0 Å². The lowest BCUT2D eigenvalue weighted by Gasteiger charge is -2.32. The number of fused-ring (bicyclic) bond motifs is 2. The van der Waals surface area contributed by atoms with Crippen molar-refractivity contribution < 1.29 is 14.4 Å². The van der Waals surface area contributed by atoms with Gasteiger partial charge < -0.3 is 0 Å². The average Bonchev–Trinajstić information content (AvgIpc) is 3.07. The lowest BCUT2D eigenvalue weighted by molar-refractivity contribution is -0.128. The van der Waals surface area contributed by atoms with E-state index in [0.29, 0.717) is 16.9 Å². The van der Waals surface area contributed by atoms with Crippen LogP contribution in [0.1, 0.15) is 25.8 Å². The van der Waals surface area contributed by atoms with Crippen LogP contribution in [0.25, 0.3) is 0 Å².